The van der Waals surface area contributed by atoms with Crippen molar-refractivity contribution in [1.29, 1.82) is 0 Å². The van der Waals surface area contributed by atoms with Crippen molar-refractivity contribution in [1.82, 2.24) is 9.55 Å². The molecule has 0 unspecified atom stereocenters. The van der Waals surface area contributed by atoms with Crippen LogP contribution in [-0.2, 0) is 4.74 Å². The molecule has 4 atom stereocenters. The molecule has 1 aromatic heterocycles. The zero-order valence-electron chi connectivity index (χ0n) is 13.0. The van der Waals surface area contributed by atoms with Gasteiger partial charge in [0.15, 0.2) is 0 Å². The molecule has 23 heavy (non-hydrogen) atoms. The molecular formula is C14H20N2O7. The first kappa shape index (κ1) is 17.5. The molecule has 0 bridgehead atoms. The van der Waals surface area contributed by atoms with E-state index >= 15 is 0 Å². The van der Waals surface area contributed by atoms with Crippen molar-refractivity contribution in [3.8, 4) is 0 Å². The van der Waals surface area contributed by atoms with E-state index in [1.54, 1.807) is 20.8 Å². The van der Waals surface area contributed by atoms with Crippen molar-refractivity contribution in [2.24, 2.45) is 5.41 Å². The molecule has 0 aromatic carbocycles. The lowest BCUT2D eigenvalue weighted by Crippen LogP contribution is -2.41. The fourth-order valence-electron chi connectivity index (χ4n) is 2.36. The summed E-state index contributed by atoms with van der Waals surface area (Å²) in [6, 6.07) is 0. The maximum Gasteiger partial charge on any atom is 0.335 e. The molecule has 2 rings (SSSR count). The molecule has 0 saturated carbocycles. The number of carbonyl (C=O) groups is 1. The van der Waals surface area contributed by atoms with Gasteiger partial charge in [-0.3, -0.25) is 14.6 Å². The van der Waals surface area contributed by atoms with Crippen LogP contribution in [0.1, 0.15) is 37.2 Å². The number of H-pyrrole nitrogens is 1. The number of rotatable bonds is 2. The Morgan fingerprint density at radius 3 is 2.39 bits per heavy atom. The lowest BCUT2D eigenvalue weighted by atomic mass is 9.95. The van der Waals surface area contributed by atoms with E-state index in [1.807, 2.05) is 4.98 Å². The highest BCUT2D eigenvalue weighted by molar-refractivity contribution is 5.83. The molecule has 9 nitrogen and oxygen atoms in total. The number of hydrogen-bond acceptors (Lipinski definition) is 7. The number of aliphatic hydroxyl groups excluding tert-OH is 3. The monoisotopic (exact) mass is 328 g/mol. The lowest BCUT2D eigenvalue weighted by molar-refractivity contribution is -0.0233. The van der Waals surface area contributed by atoms with Gasteiger partial charge >= 0.3 is 5.69 Å². The molecule has 1 fully saturated rings. The van der Waals surface area contributed by atoms with E-state index < -0.39 is 53.6 Å². The molecule has 2 heterocycles. The van der Waals surface area contributed by atoms with E-state index in [1.165, 1.54) is 0 Å². The van der Waals surface area contributed by atoms with Crippen molar-refractivity contribution in [3.63, 3.8) is 0 Å². The van der Waals surface area contributed by atoms with Crippen molar-refractivity contribution in [3.05, 3.63) is 32.6 Å². The maximum absolute atomic E-state index is 12.3. The van der Waals surface area contributed by atoms with Crippen molar-refractivity contribution < 1.29 is 24.9 Å². The summed E-state index contributed by atoms with van der Waals surface area (Å²) in [4.78, 5) is 38.1. The molecule has 0 spiro atoms. The van der Waals surface area contributed by atoms with E-state index in [9.17, 15) is 24.6 Å². The highest BCUT2D eigenvalue weighted by Gasteiger charge is 2.44. The van der Waals surface area contributed by atoms with E-state index in [4.69, 9.17) is 9.84 Å². The highest BCUT2D eigenvalue weighted by atomic mass is 16.6. The first-order valence-electron chi connectivity index (χ1n) is 7.11. The summed E-state index contributed by atoms with van der Waals surface area (Å²) < 4.78 is 6.01. The minimum atomic E-state index is -1.47. The number of aliphatic hydroxyl groups is 3. The molecule has 1 aromatic rings. The van der Waals surface area contributed by atoms with Crippen LogP contribution in [0.3, 0.4) is 0 Å². The summed E-state index contributed by atoms with van der Waals surface area (Å²) in [5.41, 5.74) is -2.78. The van der Waals surface area contributed by atoms with Gasteiger partial charge in [0.2, 0.25) is 5.91 Å². The summed E-state index contributed by atoms with van der Waals surface area (Å²) in [6.45, 7) is 4.28. The van der Waals surface area contributed by atoms with Crippen LogP contribution in [0.25, 0.3) is 0 Å². The zero-order valence-corrected chi connectivity index (χ0v) is 13.0. The molecule has 4 N–H and O–H groups in total. The van der Waals surface area contributed by atoms with Crippen LogP contribution in [0.2, 0.25) is 0 Å². The van der Waals surface area contributed by atoms with Gasteiger partial charge in [0.1, 0.15) is 24.4 Å². The molecule has 9 heteroatoms. The second-order valence-corrected chi connectivity index (χ2v) is 6.53. The fourth-order valence-corrected chi connectivity index (χ4v) is 2.36. The Bertz CT molecular complexity index is 715. The number of hydrogen-bond donors (Lipinski definition) is 4. The second-order valence-electron chi connectivity index (χ2n) is 6.53. The number of ether oxygens (including phenoxy) is 1. The third-order valence-electron chi connectivity index (χ3n) is 3.68. The first-order valence-corrected chi connectivity index (χ1v) is 7.11. The van der Waals surface area contributed by atoms with Crippen molar-refractivity contribution in [2.45, 2.75) is 45.2 Å². The lowest BCUT2D eigenvalue weighted by Gasteiger charge is -2.19. The van der Waals surface area contributed by atoms with Gasteiger partial charge in [-0.1, -0.05) is 20.8 Å². The fraction of sp³-hybridized carbons (Fsp3) is 0.643. The van der Waals surface area contributed by atoms with Gasteiger partial charge in [-0.2, -0.15) is 0 Å². The third kappa shape index (κ3) is 3.13. The highest BCUT2D eigenvalue weighted by Crippen LogP contribution is 2.31. The van der Waals surface area contributed by atoms with Crippen LogP contribution in [0.4, 0.5) is 0 Å². The second kappa shape index (κ2) is 6.00. The standard InChI is InChI=1S/C14H20N2O7/c1-14(2,3)12(21)16-4-6(11(20)15-13(16)22)10-9(19)8(18)7(5-17)23-10/h4,7-10,17-19H,5H2,1-3H3,(H,15,20,22)/t7-,8-,9-,10+/m1/s1. The smallest absolute Gasteiger partial charge is 0.335 e. The average Bonchev–Trinajstić information content (AvgIpc) is 2.73. The van der Waals surface area contributed by atoms with Gasteiger partial charge in [-0.05, 0) is 0 Å². The topological polar surface area (TPSA) is 142 Å². The van der Waals surface area contributed by atoms with Gasteiger partial charge in [-0.25, -0.2) is 9.36 Å². The van der Waals surface area contributed by atoms with Gasteiger partial charge in [0.25, 0.3) is 5.56 Å². The van der Waals surface area contributed by atoms with Crippen LogP contribution in [0.15, 0.2) is 15.8 Å². The average molecular weight is 328 g/mol. The summed E-state index contributed by atoms with van der Waals surface area (Å²) in [6.07, 6.45) is -4.17. The SMILES string of the molecule is CC(C)(C)C(=O)n1cc([C@@H]2O[C@H](CO)[C@@H](O)[C@H]2O)c(=O)[nH]c1=O. The molecule has 1 saturated heterocycles. The Hall–Kier alpha value is -1.81. The van der Waals surface area contributed by atoms with E-state index in [0.29, 0.717) is 0 Å². The summed E-state index contributed by atoms with van der Waals surface area (Å²) in [5.74, 6) is -0.549. The molecule has 1 aliphatic rings. The molecule has 128 valence electrons. The van der Waals surface area contributed by atoms with E-state index in [2.05, 4.69) is 0 Å². The molecule has 0 radical (unpaired) electrons. The minimum Gasteiger partial charge on any atom is -0.394 e. The maximum atomic E-state index is 12.3. The molecular weight excluding hydrogens is 308 g/mol. The number of aromatic nitrogens is 2. The predicted molar refractivity (Wildman–Crippen MR) is 78.1 cm³/mol. The number of aromatic amines is 1. The molecule has 1 aliphatic heterocycles. The Labute approximate surface area is 131 Å². The minimum absolute atomic E-state index is 0.176. The van der Waals surface area contributed by atoms with Crippen LogP contribution in [0, 0.1) is 5.41 Å². The number of nitrogens with zero attached hydrogens (tertiary/aromatic N) is 1. The Balaban J connectivity index is 2.51. The quantitative estimate of drug-likeness (QED) is 0.511. The first-order chi connectivity index (χ1) is 10.6. The Morgan fingerprint density at radius 2 is 1.91 bits per heavy atom. The Morgan fingerprint density at radius 1 is 1.30 bits per heavy atom. The van der Waals surface area contributed by atoms with E-state index in [0.717, 1.165) is 10.8 Å². The van der Waals surface area contributed by atoms with Crippen molar-refractivity contribution >= 4 is 5.91 Å². The predicted octanol–water partition coefficient (Wildman–Crippen LogP) is -1.62. The summed E-state index contributed by atoms with van der Waals surface area (Å²) in [5, 5.41) is 28.8. The third-order valence-corrected chi connectivity index (χ3v) is 3.68. The van der Waals surface area contributed by atoms with Gasteiger partial charge < -0.3 is 20.1 Å². The molecule has 0 amide bonds. The Kier molecular flexibility index (Phi) is 4.58. The van der Waals surface area contributed by atoms with Gasteiger partial charge in [0.05, 0.1) is 12.2 Å². The summed E-state index contributed by atoms with van der Waals surface area (Å²) in [7, 11) is 0. The number of carbonyl (C=O) groups excluding carboxylic acids is 1. The normalized spacial score (nSPS) is 28.1. The van der Waals surface area contributed by atoms with Gasteiger partial charge in [0, 0.05) is 11.6 Å². The van der Waals surface area contributed by atoms with Crippen molar-refractivity contribution in [2.75, 3.05) is 6.61 Å². The number of nitrogens with one attached hydrogen (secondary N) is 1. The van der Waals surface area contributed by atoms with Crippen LogP contribution < -0.4 is 11.2 Å². The zero-order chi connectivity index (χ0) is 17.5. The van der Waals surface area contributed by atoms with Gasteiger partial charge in [-0.15, -0.1) is 0 Å². The van der Waals surface area contributed by atoms with Crippen LogP contribution >= 0.6 is 0 Å². The van der Waals surface area contributed by atoms with Crippen LogP contribution in [0.5, 0.6) is 0 Å². The summed E-state index contributed by atoms with van der Waals surface area (Å²) >= 11 is 0. The largest absolute Gasteiger partial charge is 0.394 e. The van der Waals surface area contributed by atoms with E-state index in [-0.39, 0.29) is 5.56 Å². The molecule has 0 aliphatic carbocycles. The van der Waals surface area contributed by atoms with Crippen LogP contribution in [-0.4, -0.2) is 55.7 Å².